The number of amides is 1. The molecule has 104 valence electrons. The van der Waals surface area contributed by atoms with Crippen LogP contribution < -0.4 is 5.32 Å². The predicted molar refractivity (Wildman–Crippen MR) is 82.7 cm³/mol. The van der Waals surface area contributed by atoms with Crippen LogP contribution in [0.15, 0.2) is 24.3 Å². The van der Waals surface area contributed by atoms with Crippen molar-refractivity contribution in [3.05, 3.63) is 35.4 Å². The summed E-state index contributed by atoms with van der Waals surface area (Å²) in [6.07, 6.45) is 3.15. The van der Waals surface area contributed by atoms with Crippen molar-refractivity contribution in [1.29, 1.82) is 0 Å². The molecule has 1 amide bonds. The van der Waals surface area contributed by atoms with E-state index in [4.69, 9.17) is 0 Å². The summed E-state index contributed by atoms with van der Waals surface area (Å²) < 4.78 is 0. The van der Waals surface area contributed by atoms with E-state index >= 15 is 0 Å². The lowest BCUT2D eigenvalue weighted by molar-refractivity contribution is -0.124. The van der Waals surface area contributed by atoms with Crippen LogP contribution in [0.1, 0.15) is 50.7 Å². The maximum atomic E-state index is 12.5. The molecule has 1 aliphatic carbocycles. The van der Waals surface area contributed by atoms with E-state index in [1.54, 1.807) is 0 Å². The lowest BCUT2D eigenvalue weighted by Gasteiger charge is -2.33. The van der Waals surface area contributed by atoms with Crippen LogP contribution in [-0.2, 0) is 11.2 Å². The first-order valence-electron chi connectivity index (χ1n) is 6.95. The molecule has 2 rings (SSSR count). The number of carbonyl (C=O) groups excluding carboxylic acids is 1. The zero-order valence-electron chi connectivity index (χ0n) is 11.9. The van der Waals surface area contributed by atoms with Crippen molar-refractivity contribution < 1.29 is 4.79 Å². The predicted octanol–water partition coefficient (Wildman–Crippen LogP) is 3.78. The molecule has 0 spiro atoms. The van der Waals surface area contributed by atoms with E-state index < -0.39 is 0 Å². The molecule has 1 aromatic carbocycles. The molecule has 0 bridgehead atoms. The highest BCUT2D eigenvalue weighted by Gasteiger charge is 2.31. The van der Waals surface area contributed by atoms with Crippen LogP contribution in [0.25, 0.3) is 0 Å². The molecule has 1 N–H and O–H groups in total. The first-order valence-corrected chi connectivity index (χ1v) is 7.87. The van der Waals surface area contributed by atoms with E-state index in [9.17, 15) is 4.79 Å². The number of rotatable bonds is 3. The third-order valence-corrected chi connectivity index (χ3v) is 5.27. The van der Waals surface area contributed by atoms with Gasteiger partial charge in [-0.1, -0.05) is 47.1 Å². The molecule has 0 saturated heterocycles. The highest BCUT2D eigenvalue weighted by molar-refractivity contribution is 9.09. The van der Waals surface area contributed by atoms with E-state index in [-0.39, 0.29) is 22.2 Å². The minimum atomic E-state index is -0.233. The maximum Gasteiger partial charge on any atom is 0.227 e. The largest absolute Gasteiger partial charge is 0.350 e. The van der Waals surface area contributed by atoms with Crippen LogP contribution >= 0.6 is 15.9 Å². The molecule has 0 saturated carbocycles. The van der Waals surface area contributed by atoms with Crippen molar-refractivity contribution in [2.75, 3.05) is 0 Å². The molecule has 0 aliphatic heterocycles. The number of nitrogens with one attached hydrogen (secondary N) is 1. The summed E-state index contributed by atoms with van der Waals surface area (Å²) >= 11 is 3.57. The van der Waals surface area contributed by atoms with Gasteiger partial charge >= 0.3 is 0 Å². The Kier molecular flexibility index (Phi) is 4.34. The van der Waals surface area contributed by atoms with Crippen molar-refractivity contribution in [3.63, 3.8) is 0 Å². The zero-order valence-corrected chi connectivity index (χ0v) is 13.5. The van der Waals surface area contributed by atoms with Crippen molar-refractivity contribution in [2.24, 2.45) is 0 Å². The lowest BCUT2D eigenvalue weighted by Crippen LogP contribution is -2.50. The number of aryl methyl sites for hydroxylation is 1. The molecular weight excluding hydrogens is 302 g/mol. The van der Waals surface area contributed by atoms with Gasteiger partial charge in [-0.2, -0.15) is 0 Å². The Balaban J connectivity index is 2.18. The van der Waals surface area contributed by atoms with Gasteiger partial charge < -0.3 is 5.32 Å². The minimum absolute atomic E-state index is 0.00970. The minimum Gasteiger partial charge on any atom is -0.350 e. The average Bonchev–Trinajstić information content (AvgIpc) is 2.37. The Labute approximate surface area is 124 Å². The third kappa shape index (κ3) is 3.19. The molecule has 2 nitrogen and oxygen atoms in total. The van der Waals surface area contributed by atoms with Gasteiger partial charge in [0.15, 0.2) is 0 Å². The molecule has 3 heteroatoms. The van der Waals surface area contributed by atoms with Crippen molar-refractivity contribution >= 4 is 21.8 Å². The molecule has 2 atom stereocenters. The molecule has 0 fully saturated rings. The van der Waals surface area contributed by atoms with Crippen molar-refractivity contribution in [2.45, 2.75) is 56.3 Å². The number of benzene rings is 1. The average molecular weight is 324 g/mol. The van der Waals surface area contributed by atoms with Crippen LogP contribution in [0.3, 0.4) is 0 Å². The van der Waals surface area contributed by atoms with Gasteiger partial charge in [0, 0.05) is 10.4 Å². The second-order valence-electron chi connectivity index (χ2n) is 5.97. The molecule has 2 unspecified atom stereocenters. The van der Waals surface area contributed by atoms with Crippen LogP contribution in [-0.4, -0.2) is 16.3 Å². The summed E-state index contributed by atoms with van der Waals surface area (Å²) in [6.45, 7) is 6.17. The fraction of sp³-hybridized carbons (Fsp3) is 0.562. The van der Waals surface area contributed by atoms with Gasteiger partial charge in [-0.3, -0.25) is 4.79 Å². The lowest BCUT2D eigenvalue weighted by atomic mass is 9.82. The molecular formula is C16H22BrNO. The van der Waals surface area contributed by atoms with Crippen LogP contribution in [0, 0.1) is 0 Å². The SMILES string of the molecule is CC(Br)C(C)(C)NC(=O)C1CCCc2ccccc21. The molecule has 19 heavy (non-hydrogen) atoms. The number of carbonyl (C=O) groups is 1. The molecule has 0 aromatic heterocycles. The number of hydrogen-bond acceptors (Lipinski definition) is 1. The van der Waals surface area contributed by atoms with E-state index in [1.165, 1.54) is 11.1 Å². The maximum absolute atomic E-state index is 12.5. The summed E-state index contributed by atoms with van der Waals surface area (Å²) in [5, 5.41) is 3.18. The normalized spacial score (nSPS) is 20.5. The van der Waals surface area contributed by atoms with E-state index in [0.29, 0.717) is 0 Å². The van der Waals surface area contributed by atoms with Crippen LogP contribution in [0.5, 0.6) is 0 Å². The van der Waals surface area contributed by atoms with Gasteiger partial charge in [-0.25, -0.2) is 0 Å². The number of halogens is 1. The van der Waals surface area contributed by atoms with Gasteiger partial charge in [-0.05, 0) is 44.2 Å². The second kappa shape index (κ2) is 5.66. The highest BCUT2D eigenvalue weighted by Crippen LogP contribution is 2.32. The first kappa shape index (κ1) is 14.6. The van der Waals surface area contributed by atoms with E-state index in [1.807, 2.05) is 6.07 Å². The van der Waals surface area contributed by atoms with Gasteiger partial charge in [0.1, 0.15) is 0 Å². The number of alkyl halides is 1. The van der Waals surface area contributed by atoms with Gasteiger partial charge in [0.05, 0.1) is 5.92 Å². The molecule has 0 radical (unpaired) electrons. The van der Waals surface area contributed by atoms with Crippen molar-refractivity contribution in [1.82, 2.24) is 5.32 Å². The zero-order chi connectivity index (χ0) is 14.0. The van der Waals surface area contributed by atoms with Gasteiger partial charge in [0.25, 0.3) is 0 Å². The highest BCUT2D eigenvalue weighted by atomic mass is 79.9. The smallest absolute Gasteiger partial charge is 0.227 e. The monoisotopic (exact) mass is 323 g/mol. The summed E-state index contributed by atoms with van der Waals surface area (Å²) in [6, 6.07) is 8.34. The standard InChI is InChI=1S/C16H22BrNO/c1-11(17)16(2,3)18-15(19)14-10-6-8-12-7-4-5-9-13(12)14/h4-5,7,9,11,14H,6,8,10H2,1-3H3,(H,18,19). The molecule has 0 heterocycles. The van der Waals surface area contributed by atoms with Crippen LogP contribution in [0.2, 0.25) is 0 Å². The summed E-state index contributed by atoms with van der Waals surface area (Å²) in [5.41, 5.74) is 2.31. The van der Waals surface area contributed by atoms with Gasteiger partial charge in [-0.15, -0.1) is 0 Å². The fourth-order valence-electron chi connectivity index (χ4n) is 2.53. The Morgan fingerprint density at radius 3 is 2.79 bits per heavy atom. The Hall–Kier alpha value is -0.830. The Bertz CT molecular complexity index is 468. The van der Waals surface area contributed by atoms with E-state index in [0.717, 1.165) is 19.3 Å². The first-order chi connectivity index (χ1) is 8.92. The van der Waals surface area contributed by atoms with E-state index in [2.05, 4.69) is 60.2 Å². The summed E-state index contributed by atoms with van der Waals surface area (Å²) in [7, 11) is 0. The topological polar surface area (TPSA) is 29.1 Å². The summed E-state index contributed by atoms with van der Waals surface area (Å²) in [5.74, 6) is 0.166. The number of fused-ring (bicyclic) bond motifs is 1. The molecule has 1 aromatic rings. The quantitative estimate of drug-likeness (QED) is 0.842. The van der Waals surface area contributed by atoms with Crippen molar-refractivity contribution in [3.8, 4) is 0 Å². The van der Waals surface area contributed by atoms with Gasteiger partial charge in [0.2, 0.25) is 5.91 Å². The third-order valence-electron chi connectivity index (χ3n) is 4.13. The summed E-state index contributed by atoms with van der Waals surface area (Å²) in [4.78, 5) is 12.8. The fourth-order valence-corrected chi connectivity index (χ4v) is 2.64. The number of hydrogen-bond donors (Lipinski definition) is 1. The molecule has 1 aliphatic rings. The Morgan fingerprint density at radius 1 is 1.42 bits per heavy atom. The second-order valence-corrected chi connectivity index (χ2v) is 7.34. The van der Waals surface area contributed by atoms with Crippen LogP contribution in [0.4, 0.5) is 0 Å². The Morgan fingerprint density at radius 2 is 2.11 bits per heavy atom.